The minimum atomic E-state index is -1.65. The molecule has 0 saturated carbocycles. The molecule has 1 aromatic rings. The van der Waals surface area contributed by atoms with Crippen LogP contribution in [0.15, 0.2) is 24.3 Å². The predicted molar refractivity (Wildman–Crippen MR) is 64.4 cm³/mol. The number of anilines is 1. The van der Waals surface area contributed by atoms with Crippen molar-refractivity contribution in [2.75, 3.05) is 26.6 Å². The summed E-state index contributed by atoms with van der Waals surface area (Å²) in [6.45, 7) is 0.711. The van der Waals surface area contributed by atoms with Crippen LogP contribution in [-0.4, -0.2) is 20.8 Å². The van der Waals surface area contributed by atoms with Gasteiger partial charge in [-0.25, -0.2) is 0 Å². The van der Waals surface area contributed by atoms with Crippen molar-refractivity contribution in [3.63, 3.8) is 0 Å². The van der Waals surface area contributed by atoms with Crippen molar-refractivity contribution in [1.29, 1.82) is 0 Å². The van der Waals surface area contributed by atoms with Crippen LogP contribution in [-0.2, 0) is 25.3 Å². The first-order valence-corrected chi connectivity index (χ1v) is 8.06. The molecule has 95 valence electrons. The van der Waals surface area contributed by atoms with Gasteiger partial charge >= 0.3 is 110 Å². The zero-order valence-corrected chi connectivity index (χ0v) is 12.0. The van der Waals surface area contributed by atoms with Gasteiger partial charge in [-0.2, -0.15) is 0 Å². The number of unbranched alkanes of at least 4 members (excludes halogenated alkanes) is 1. The van der Waals surface area contributed by atoms with E-state index in [4.69, 9.17) is 17.1 Å². The summed E-state index contributed by atoms with van der Waals surface area (Å²) in [5.74, 6) is 0.833. The van der Waals surface area contributed by atoms with E-state index in [0.29, 0.717) is 6.61 Å². The zero-order valence-electron chi connectivity index (χ0n) is 10.4. The Hall–Kier alpha value is -0.546. The molecular weight excluding hydrogens is 254 g/mol. The van der Waals surface area contributed by atoms with Gasteiger partial charge in [0.15, 0.2) is 0 Å². The maximum absolute atomic E-state index is 5.66. The summed E-state index contributed by atoms with van der Waals surface area (Å²) in [4.78, 5) is 0. The van der Waals surface area contributed by atoms with Crippen LogP contribution in [0.25, 0.3) is 0 Å². The number of hydrogen-bond acceptors (Lipinski definition) is 4. The summed E-state index contributed by atoms with van der Waals surface area (Å²) in [5.41, 5.74) is 6.39. The first-order valence-electron chi connectivity index (χ1n) is 5.68. The van der Waals surface area contributed by atoms with Crippen molar-refractivity contribution in [3.8, 4) is 5.75 Å². The Balaban J connectivity index is 2.12. The fraction of sp³-hybridized carbons (Fsp3) is 0.500. The second-order valence-corrected chi connectivity index (χ2v) is 6.88. The second kappa shape index (κ2) is 8.53. The molecule has 5 heteroatoms. The van der Waals surface area contributed by atoms with Gasteiger partial charge in [-0.3, -0.25) is 0 Å². The van der Waals surface area contributed by atoms with Crippen LogP contribution in [0, 0.1) is 0 Å². The van der Waals surface area contributed by atoms with E-state index in [1.165, 1.54) is 0 Å². The number of nitrogens with two attached hydrogens (primary N) is 1. The fourth-order valence-electron chi connectivity index (χ4n) is 1.45. The van der Waals surface area contributed by atoms with Gasteiger partial charge in [0.05, 0.1) is 0 Å². The molecule has 0 aliphatic carbocycles. The van der Waals surface area contributed by atoms with Gasteiger partial charge in [-0.05, 0) is 0 Å². The Labute approximate surface area is 110 Å². The summed E-state index contributed by atoms with van der Waals surface area (Å²) in [6, 6.07) is 7.50. The maximum atomic E-state index is 5.66. The Bertz CT molecular complexity index is 318. The SMILES string of the molecule is C[O][Ti]([CH2]CCCOc1cccc(N)c1)[O]C. The topological polar surface area (TPSA) is 53.7 Å². The molecule has 0 atom stereocenters. The third-order valence-corrected chi connectivity index (χ3v) is 4.97. The standard InChI is InChI=1S/C10H14NO.2CH3O.Ti/c1-2-3-7-12-10-6-4-5-9(11)8-10;2*1-2;/h4-6,8H,1-3,7,11H2;2*1H3;/q;2*-1;+2. The van der Waals surface area contributed by atoms with Gasteiger partial charge in [0.25, 0.3) is 0 Å². The molecule has 4 nitrogen and oxygen atoms in total. The first kappa shape index (κ1) is 14.5. The summed E-state index contributed by atoms with van der Waals surface area (Å²) < 4.78 is 17.2. The average Bonchev–Trinajstić information content (AvgIpc) is 2.34. The molecule has 0 fully saturated rings. The zero-order chi connectivity index (χ0) is 12.5. The molecule has 0 saturated heterocycles. The van der Waals surface area contributed by atoms with Crippen LogP contribution in [0.4, 0.5) is 5.69 Å². The second-order valence-electron chi connectivity index (χ2n) is 3.66. The van der Waals surface area contributed by atoms with E-state index in [9.17, 15) is 0 Å². The molecule has 0 amide bonds. The first-order chi connectivity index (χ1) is 8.26. The van der Waals surface area contributed by atoms with Crippen LogP contribution in [0.3, 0.4) is 0 Å². The van der Waals surface area contributed by atoms with Crippen molar-refractivity contribution in [2.24, 2.45) is 0 Å². The van der Waals surface area contributed by atoms with Crippen molar-refractivity contribution in [2.45, 2.75) is 17.6 Å². The molecular formula is C12H20NO3Ti. The van der Waals surface area contributed by atoms with Gasteiger partial charge in [-0.15, -0.1) is 0 Å². The number of nitrogen functional groups attached to an aromatic ring is 1. The van der Waals surface area contributed by atoms with E-state index in [-0.39, 0.29) is 0 Å². The van der Waals surface area contributed by atoms with Crippen LogP contribution >= 0.6 is 0 Å². The third kappa shape index (κ3) is 6.08. The molecule has 0 radical (unpaired) electrons. The predicted octanol–water partition coefficient (Wildman–Crippen LogP) is 2.59. The summed E-state index contributed by atoms with van der Waals surface area (Å²) in [5, 5.41) is 0. The molecule has 1 rings (SSSR count). The van der Waals surface area contributed by atoms with E-state index in [0.717, 1.165) is 29.0 Å². The molecule has 1 aromatic carbocycles. The third-order valence-electron chi connectivity index (χ3n) is 2.36. The van der Waals surface area contributed by atoms with Crippen LogP contribution in [0.1, 0.15) is 12.8 Å². The molecule has 17 heavy (non-hydrogen) atoms. The monoisotopic (exact) mass is 274 g/mol. The van der Waals surface area contributed by atoms with Crippen LogP contribution < -0.4 is 10.5 Å². The van der Waals surface area contributed by atoms with Crippen molar-refractivity contribution in [3.05, 3.63) is 24.3 Å². The molecule has 0 bridgehead atoms. The fourth-order valence-corrected chi connectivity index (χ4v) is 3.19. The van der Waals surface area contributed by atoms with Crippen molar-refractivity contribution >= 4 is 5.69 Å². The molecule has 0 aromatic heterocycles. The Morgan fingerprint density at radius 2 is 1.94 bits per heavy atom. The van der Waals surface area contributed by atoms with Crippen molar-refractivity contribution < 1.29 is 30.0 Å². The molecule has 0 heterocycles. The van der Waals surface area contributed by atoms with Gasteiger partial charge < -0.3 is 0 Å². The van der Waals surface area contributed by atoms with Gasteiger partial charge in [0, 0.05) is 0 Å². The number of benzene rings is 1. The minimum absolute atomic E-state index is 0.711. The summed E-state index contributed by atoms with van der Waals surface area (Å²) in [7, 11) is 3.45. The van der Waals surface area contributed by atoms with E-state index in [1.54, 1.807) is 14.2 Å². The number of ether oxygens (including phenoxy) is 1. The van der Waals surface area contributed by atoms with Crippen LogP contribution in [0.5, 0.6) is 5.75 Å². The van der Waals surface area contributed by atoms with E-state index in [1.807, 2.05) is 24.3 Å². The van der Waals surface area contributed by atoms with Crippen molar-refractivity contribution in [1.82, 2.24) is 0 Å². The van der Waals surface area contributed by atoms with Gasteiger partial charge in [0.2, 0.25) is 0 Å². The van der Waals surface area contributed by atoms with Gasteiger partial charge in [0.1, 0.15) is 0 Å². The number of hydrogen-bond donors (Lipinski definition) is 1. The quantitative estimate of drug-likeness (QED) is 0.449. The van der Waals surface area contributed by atoms with Crippen LogP contribution in [0.2, 0.25) is 4.73 Å². The molecule has 2 N–H and O–H groups in total. The number of rotatable bonds is 8. The van der Waals surface area contributed by atoms with E-state index in [2.05, 4.69) is 0 Å². The Morgan fingerprint density at radius 1 is 1.18 bits per heavy atom. The molecule has 0 spiro atoms. The summed E-state index contributed by atoms with van der Waals surface area (Å²) in [6.07, 6.45) is 2.09. The Morgan fingerprint density at radius 3 is 2.59 bits per heavy atom. The molecule has 0 aliphatic heterocycles. The van der Waals surface area contributed by atoms with Gasteiger partial charge in [-0.1, -0.05) is 0 Å². The summed E-state index contributed by atoms with van der Waals surface area (Å²) >= 11 is -1.65. The Kier molecular flexibility index (Phi) is 7.28. The molecule has 0 aliphatic rings. The van der Waals surface area contributed by atoms with E-state index < -0.39 is 18.6 Å². The molecule has 0 unspecified atom stereocenters. The average molecular weight is 274 g/mol. The van der Waals surface area contributed by atoms with E-state index >= 15 is 0 Å². The normalized spacial score (nSPS) is 10.2.